The smallest absolute Gasteiger partial charge is 0.0934 e. The number of halogens is 1. The van der Waals surface area contributed by atoms with Gasteiger partial charge in [0.15, 0.2) is 0 Å². The summed E-state index contributed by atoms with van der Waals surface area (Å²) in [7, 11) is 0. The van der Waals surface area contributed by atoms with E-state index in [4.69, 9.17) is 16.0 Å². The Balaban J connectivity index is 1.76. The number of nitrogens with one attached hydrogen (secondary N) is 1. The summed E-state index contributed by atoms with van der Waals surface area (Å²) < 4.78 is 5.17. The third-order valence-corrected chi connectivity index (χ3v) is 3.98. The zero-order valence-electron chi connectivity index (χ0n) is 10.8. The molecule has 1 heterocycles. The Hall–Kier alpha value is -1.25. The normalized spacial score (nSPS) is 16.5. The van der Waals surface area contributed by atoms with Crippen LogP contribution in [0.25, 0.3) is 0 Å². The Bertz CT molecular complexity index is 519. The SMILES string of the molecule is Clc1ccccc1C(CNC1CC1)Cc1ccoc1. The molecular weight excluding hydrogens is 258 g/mol. The minimum Gasteiger partial charge on any atom is -0.472 e. The molecule has 1 aliphatic rings. The fraction of sp³-hybridized carbons (Fsp3) is 0.375. The van der Waals surface area contributed by atoms with Gasteiger partial charge in [0.05, 0.1) is 12.5 Å². The van der Waals surface area contributed by atoms with Crippen molar-refractivity contribution in [1.82, 2.24) is 5.32 Å². The van der Waals surface area contributed by atoms with Crippen molar-refractivity contribution in [1.29, 1.82) is 0 Å². The minimum atomic E-state index is 0.395. The Kier molecular flexibility index (Phi) is 3.90. The van der Waals surface area contributed by atoms with Gasteiger partial charge in [0.25, 0.3) is 0 Å². The van der Waals surface area contributed by atoms with E-state index in [1.165, 1.54) is 24.0 Å². The molecule has 19 heavy (non-hydrogen) atoms. The highest BCUT2D eigenvalue weighted by molar-refractivity contribution is 6.31. The maximum atomic E-state index is 6.34. The standard InChI is InChI=1S/C16H18ClNO/c17-16-4-2-1-3-15(16)13(10-18-14-5-6-14)9-12-7-8-19-11-12/h1-4,7-8,11,13-14,18H,5-6,9-10H2. The molecule has 3 heteroatoms. The average Bonchev–Trinajstić information content (AvgIpc) is 3.11. The van der Waals surface area contributed by atoms with Crippen LogP contribution in [-0.2, 0) is 6.42 Å². The van der Waals surface area contributed by atoms with Crippen LogP contribution in [-0.4, -0.2) is 12.6 Å². The molecule has 3 rings (SSSR count). The average molecular weight is 276 g/mol. The molecule has 1 aromatic carbocycles. The van der Waals surface area contributed by atoms with Crippen LogP contribution in [0.15, 0.2) is 47.3 Å². The van der Waals surface area contributed by atoms with Crippen molar-refractivity contribution in [2.45, 2.75) is 31.2 Å². The van der Waals surface area contributed by atoms with Gasteiger partial charge in [-0.15, -0.1) is 0 Å². The fourth-order valence-electron chi connectivity index (χ4n) is 2.39. The topological polar surface area (TPSA) is 25.2 Å². The van der Waals surface area contributed by atoms with Gasteiger partial charge in [0.2, 0.25) is 0 Å². The Morgan fingerprint density at radius 2 is 2.11 bits per heavy atom. The van der Waals surface area contributed by atoms with E-state index in [-0.39, 0.29) is 0 Å². The molecule has 0 saturated heterocycles. The van der Waals surface area contributed by atoms with Crippen LogP contribution in [0.1, 0.15) is 29.9 Å². The summed E-state index contributed by atoms with van der Waals surface area (Å²) in [6.45, 7) is 0.972. The van der Waals surface area contributed by atoms with Crippen LogP contribution in [0, 0.1) is 0 Å². The third kappa shape index (κ3) is 3.40. The lowest BCUT2D eigenvalue weighted by molar-refractivity contribution is 0.551. The summed E-state index contributed by atoms with van der Waals surface area (Å²) in [6, 6.07) is 10.9. The van der Waals surface area contributed by atoms with Crippen molar-refractivity contribution in [3.63, 3.8) is 0 Å². The molecule has 0 aliphatic heterocycles. The quantitative estimate of drug-likeness (QED) is 0.862. The molecule has 1 aromatic heterocycles. The van der Waals surface area contributed by atoms with Gasteiger partial charge in [0, 0.05) is 23.5 Å². The van der Waals surface area contributed by atoms with Crippen LogP contribution in [0.5, 0.6) is 0 Å². The molecule has 2 nitrogen and oxygen atoms in total. The van der Waals surface area contributed by atoms with Crippen molar-refractivity contribution in [3.8, 4) is 0 Å². The highest BCUT2D eigenvalue weighted by Crippen LogP contribution is 2.28. The van der Waals surface area contributed by atoms with Gasteiger partial charge in [-0.2, -0.15) is 0 Å². The van der Waals surface area contributed by atoms with E-state index in [2.05, 4.69) is 17.4 Å². The highest BCUT2D eigenvalue weighted by Gasteiger charge is 2.23. The summed E-state index contributed by atoms with van der Waals surface area (Å²) in [4.78, 5) is 0. The van der Waals surface area contributed by atoms with Gasteiger partial charge in [-0.3, -0.25) is 0 Å². The predicted octanol–water partition coefficient (Wildman–Crippen LogP) is 4.01. The second-order valence-corrected chi connectivity index (χ2v) is 5.64. The Labute approximate surface area is 118 Å². The van der Waals surface area contributed by atoms with E-state index in [9.17, 15) is 0 Å². The van der Waals surface area contributed by atoms with E-state index in [0.717, 1.165) is 18.0 Å². The molecule has 1 saturated carbocycles. The number of furan rings is 1. The van der Waals surface area contributed by atoms with Gasteiger partial charge in [-0.1, -0.05) is 29.8 Å². The highest BCUT2D eigenvalue weighted by atomic mass is 35.5. The van der Waals surface area contributed by atoms with Crippen LogP contribution in [0.3, 0.4) is 0 Å². The van der Waals surface area contributed by atoms with E-state index in [1.54, 1.807) is 6.26 Å². The first-order chi connectivity index (χ1) is 9.33. The van der Waals surface area contributed by atoms with Crippen molar-refractivity contribution < 1.29 is 4.42 Å². The van der Waals surface area contributed by atoms with Crippen LogP contribution < -0.4 is 5.32 Å². The lowest BCUT2D eigenvalue weighted by Gasteiger charge is -2.18. The largest absolute Gasteiger partial charge is 0.472 e. The summed E-state index contributed by atoms with van der Waals surface area (Å²) >= 11 is 6.34. The molecule has 2 aromatic rings. The van der Waals surface area contributed by atoms with Gasteiger partial charge in [-0.05, 0) is 42.5 Å². The third-order valence-electron chi connectivity index (χ3n) is 3.64. The van der Waals surface area contributed by atoms with Crippen molar-refractivity contribution in [2.24, 2.45) is 0 Å². The monoisotopic (exact) mass is 275 g/mol. The van der Waals surface area contributed by atoms with Gasteiger partial charge in [-0.25, -0.2) is 0 Å². The molecule has 1 N–H and O–H groups in total. The van der Waals surface area contributed by atoms with E-state index < -0.39 is 0 Å². The molecule has 1 aliphatic carbocycles. The molecule has 0 radical (unpaired) electrons. The Morgan fingerprint density at radius 1 is 1.26 bits per heavy atom. The van der Waals surface area contributed by atoms with Gasteiger partial charge in [0.1, 0.15) is 0 Å². The lowest BCUT2D eigenvalue weighted by Crippen LogP contribution is -2.25. The molecule has 1 fully saturated rings. The maximum absolute atomic E-state index is 6.34. The summed E-state index contributed by atoms with van der Waals surface area (Å²) in [5.41, 5.74) is 2.45. The molecule has 100 valence electrons. The lowest BCUT2D eigenvalue weighted by atomic mass is 9.93. The fourth-order valence-corrected chi connectivity index (χ4v) is 2.68. The molecular formula is C16H18ClNO. The molecule has 0 bridgehead atoms. The molecule has 0 amide bonds. The molecule has 1 unspecified atom stereocenters. The van der Waals surface area contributed by atoms with Gasteiger partial charge < -0.3 is 9.73 Å². The van der Waals surface area contributed by atoms with E-state index >= 15 is 0 Å². The second kappa shape index (κ2) is 5.81. The first kappa shape index (κ1) is 12.8. The first-order valence-corrected chi connectivity index (χ1v) is 7.19. The summed E-state index contributed by atoms with van der Waals surface area (Å²) in [5.74, 6) is 0.395. The van der Waals surface area contributed by atoms with Crippen LogP contribution in [0.2, 0.25) is 5.02 Å². The van der Waals surface area contributed by atoms with Crippen molar-refractivity contribution in [3.05, 3.63) is 59.0 Å². The number of rotatable bonds is 6. The zero-order valence-corrected chi connectivity index (χ0v) is 11.6. The van der Waals surface area contributed by atoms with E-state index in [0.29, 0.717) is 12.0 Å². The molecule has 1 atom stereocenters. The van der Waals surface area contributed by atoms with Crippen molar-refractivity contribution >= 4 is 11.6 Å². The molecule has 0 spiro atoms. The first-order valence-electron chi connectivity index (χ1n) is 6.82. The van der Waals surface area contributed by atoms with Crippen LogP contribution >= 0.6 is 11.6 Å². The second-order valence-electron chi connectivity index (χ2n) is 5.24. The number of hydrogen-bond donors (Lipinski definition) is 1. The summed E-state index contributed by atoms with van der Waals surface area (Å²) in [6.07, 6.45) is 7.12. The number of hydrogen-bond acceptors (Lipinski definition) is 2. The Morgan fingerprint density at radius 3 is 2.79 bits per heavy atom. The van der Waals surface area contributed by atoms with Gasteiger partial charge >= 0.3 is 0 Å². The summed E-state index contributed by atoms with van der Waals surface area (Å²) in [5, 5.41) is 4.46. The predicted molar refractivity (Wildman–Crippen MR) is 77.6 cm³/mol. The minimum absolute atomic E-state index is 0.395. The number of benzene rings is 1. The van der Waals surface area contributed by atoms with E-state index in [1.807, 2.05) is 24.5 Å². The van der Waals surface area contributed by atoms with Crippen molar-refractivity contribution in [2.75, 3.05) is 6.54 Å². The maximum Gasteiger partial charge on any atom is 0.0934 e. The zero-order chi connectivity index (χ0) is 13.1. The van der Waals surface area contributed by atoms with Crippen LogP contribution in [0.4, 0.5) is 0 Å².